The van der Waals surface area contributed by atoms with Gasteiger partial charge in [0.2, 0.25) is 0 Å². The van der Waals surface area contributed by atoms with Crippen molar-refractivity contribution in [3.63, 3.8) is 0 Å². The summed E-state index contributed by atoms with van der Waals surface area (Å²) in [6, 6.07) is 22.0. The van der Waals surface area contributed by atoms with Crippen LogP contribution in [0.4, 0.5) is 0 Å². The summed E-state index contributed by atoms with van der Waals surface area (Å²) in [5.41, 5.74) is 2.38. The fraction of sp³-hybridized carbons (Fsp3) is 0.364. The van der Waals surface area contributed by atoms with Crippen LogP contribution in [0.1, 0.15) is 42.5 Å². The maximum atomic E-state index is 5.90. The van der Waals surface area contributed by atoms with Gasteiger partial charge in [-0.15, -0.1) is 0 Å². The molecule has 0 aromatic heterocycles. The van der Waals surface area contributed by atoms with Gasteiger partial charge in [-0.05, 0) is 36.2 Å². The fourth-order valence-corrected chi connectivity index (χ4v) is 6.35. The van der Waals surface area contributed by atoms with E-state index < -0.39 is 0 Å². The molecule has 2 saturated heterocycles. The SMILES string of the molecule is S=C1NC(=S)C2(N1)C1CCCC2C(c2ccccc2)NC1c1ccccc1. The molecule has 4 atom stereocenters. The summed E-state index contributed by atoms with van der Waals surface area (Å²) in [7, 11) is 0. The molecule has 0 amide bonds. The van der Waals surface area contributed by atoms with E-state index in [2.05, 4.69) is 76.6 Å². The lowest BCUT2D eigenvalue weighted by atomic mass is 9.57. The molecule has 2 aliphatic heterocycles. The Balaban J connectivity index is 1.67. The third-order valence-corrected chi connectivity index (χ3v) is 7.25. The van der Waals surface area contributed by atoms with Crippen molar-refractivity contribution in [2.75, 3.05) is 0 Å². The van der Waals surface area contributed by atoms with Crippen LogP contribution in [0.25, 0.3) is 0 Å². The molecule has 1 spiro atoms. The van der Waals surface area contributed by atoms with E-state index in [0.717, 1.165) is 17.8 Å². The lowest BCUT2D eigenvalue weighted by Crippen LogP contribution is -2.68. The van der Waals surface area contributed by atoms with Crippen LogP contribution in [-0.4, -0.2) is 15.6 Å². The molecule has 3 N–H and O–H groups in total. The van der Waals surface area contributed by atoms with Gasteiger partial charge >= 0.3 is 0 Å². The summed E-state index contributed by atoms with van der Waals surface area (Å²) in [6.07, 6.45) is 3.51. The molecule has 4 unspecified atom stereocenters. The smallest absolute Gasteiger partial charge is 0.172 e. The summed E-state index contributed by atoms with van der Waals surface area (Å²) in [5.74, 6) is 0.748. The molecule has 2 bridgehead atoms. The van der Waals surface area contributed by atoms with Crippen molar-refractivity contribution in [3.8, 4) is 0 Å². The highest BCUT2D eigenvalue weighted by molar-refractivity contribution is 7.82. The molecule has 5 heteroatoms. The number of nitrogens with one attached hydrogen (secondary N) is 3. The standard InChI is InChI=1S/C22H23N3S2/c26-20-22(25-21(27)24-20)16-12-7-13-17(22)19(15-10-5-2-6-11-15)23-18(16)14-8-3-1-4-9-14/h1-6,8-11,16-19,23H,7,12-13H2,(H2,24,25,26,27). The molecule has 3 fully saturated rings. The normalized spacial score (nSPS) is 35.0. The van der Waals surface area contributed by atoms with Gasteiger partial charge in [0, 0.05) is 23.9 Å². The van der Waals surface area contributed by atoms with Crippen LogP contribution in [0.5, 0.6) is 0 Å². The molecule has 5 rings (SSSR count). The maximum absolute atomic E-state index is 5.90. The minimum atomic E-state index is -0.267. The Hall–Kier alpha value is -1.82. The third kappa shape index (κ3) is 2.64. The van der Waals surface area contributed by atoms with Gasteiger partial charge in [-0.2, -0.15) is 0 Å². The van der Waals surface area contributed by atoms with E-state index in [1.54, 1.807) is 0 Å². The number of hydrogen-bond acceptors (Lipinski definition) is 3. The molecule has 138 valence electrons. The highest BCUT2D eigenvalue weighted by Gasteiger charge is 2.62. The second kappa shape index (κ2) is 6.66. The largest absolute Gasteiger partial charge is 0.350 e. The van der Waals surface area contributed by atoms with Crippen molar-refractivity contribution < 1.29 is 0 Å². The van der Waals surface area contributed by atoms with Crippen LogP contribution in [0.15, 0.2) is 60.7 Å². The Bertz CT molecular complexity index is 814. The Kier molecular flexibility index (Phi) is 4.26. The van der Waals surface area contributed by atoms with Crippen LogP contribution < -0.4 is 16.0 Å². The molecule has 0 radical (unpaired) electrons. The second-order valence-corrected chi connectivity index (χ2v) is 8.68. The van der Waals surface area contributed by atoms with E-state index >= 15 is 0 Å². The van der Waals surface area contributed by atoms with Crippen molar-refractivity contribution in [1.82, 2.24) is 16.0 Å². The first-order valence-corrected chi connectivity index (χ1v) is 10.5. The molecule has 27 heavy (non-hydrogen) atoms. The summed E-state index contributed by atoms with van der Waals surface area (Å²) in [4.78, 5) is 0.880. The minimum absolute atomic E-state index is 0.237. The molecular weight excluding hydrogens is 370 g/mol. The Morgan fingerprint density at radius 2 is 1.30 bits per heavy atom. The highest BCUT2D eigenvalue weighted by atomic mass is 32.1. The van der Waals surface area contributed by atoms with Crippen molar-refractivity contribution in [2.24, 2.45) is 11.8 Å². The van der Waals surface area contributed by atoms with Crippen LogP contribution in [0.2, 0.25) is 0 Å². The first kappa shape index (κ1) is 17.3. The topological polar surface area (TPSA) is 36.1 Å². The summed E-state index contributed by atoms with van der Waals surface area (Å²) in [6.45, 7) is 0. The van der Waals surface area contributed by atoms with Gasteiger partial charge in [-0.3, -0.25) is 0 Å². The number of hydrogen-bond donors (Lipinski definition) is 3. The Morgan fingerprint density at radius 3 is 1.74 bits per heavy atom. The van der Waals surface area contributed by atoms with Gasteiger partial charge < -0.3 is 16.0 Å². The van der Waals surface area contributed by atoms with Crippen molar-refractivity contribution in [2.45, 2.75) is 36.9 Å². The predicted octanol–water partition coefficient (Wildman–Crippen LogP) is 4.03. The van der Waals surface area contributed by atoms with E-state index in [0.29, 0.717) is 16.9 Å². The minimum Gasteiger partial charge on any atom is -0.350 e. The van der Waals surface area contributed by atoms with Crippen molar-refractivity contribution >= 4 is 34.5 Å². The molecule has 2 aromatic rings. The van der Waals surface area contributed by atoms with E-state index in [4.69, 9.17) is 24.4 Å². The molecule has 1 saturated carbocycles. The summed E-state index contributed by atoms with van der Waals surface area (Å²) < 4.78 is 0. The van der Waals surface area contributed by atoms with Gasteiger partial charge in [0.1, 0.15) is 4.99 Å². The number of benzene rings is 2. The van der Waals surface area contributed by atoms with Gasteiger partial charge in [0.05, 0.1) is 5.54 Å². The highest BCUT2D eigenvalue weighted by Crippen LogP contribution is 2.55. The van der Waals surface area contributed by atoms with E-state index in [-0.39, 0.29) is 17.6 Å². The van der Waals surface area contributed by atoms with Gasteiger partial charge in [0.15, 0.2) is 5.11 Å². The molecule has 1 aliphatic carbocycles. The zero-order valence-electron chi connectivity index (χ0n) is 15.0. The molecule has 3 nitrogen and oxygen atoms in total. The first-order chi connectivity index (χ1) is 13.2. The Labute approximate surface area is 170 Å². The predicted molar refractivity (Wildman–Crippen MR) is 117 cm³/mol. The zero-order chi connectivity index (χ0) is 18.4. The van der Waals surface area contributed by atoms with E-state index in [1.165, 1.54) is 17.5 Å². The van der Waals surface area contributed by atoms with Crippen LogP contribution in [0.3, 0.4) is 0 Å². The van der Waals surface area contributed by atoms with Gasteiger partial charge in [-0.1, -0.05) is 79.3 Å². The van der Waals surface area contributed by atoms with Crippen molar-refractivity contribution in [1.29, 1.82) is 0 Å². The van der Waals surface area contributed by atoms with E-state index in [9.17, 15) is 0 Å². The molecule has 2 heterocycles. The lowest BCUT2D eigenvalue weighted by molar-refractivity contribution is 0.0364. The lowest BCUT2D eigenvalue weighted by Gasteiger charge is -2.57. The monoisotopic (exact) mass is 393 g/mol. The number of thiocarbonyl (C=S) groups is 2. The summed E-state index contributed by atoms with van der Waals surface area (Å²) in [5, 5.41) is 11.6. The molecule has 3 aliphatic rings. The average molecular weight is 394 g/mol. The number of piperidine rings is 1. The van der Waals surface area contributed by atoms with Crippen molar-refractivity contribution in [3.05, 3.63) is 71.8 Å². The summed E-state index contributed by atoms with van der Waals surface area (Å²) >= 11 is 11.4. The fourth-order valence-electron chi connectivity index (χ4n) is 5.56. The third-order valence-electron chi connectivity index (χ3n) is 6.60. The first-order valence-electron chi connectivity index (χ1n) is 9.69. The van der Waals surface area contributed by atoms with E-state index in [1.807, 2.05) is 0 Å². The van der Waals surface area contributed by atoms with Crippen LogP contribution in [0, 0.1) is 11.8 Å². The second-order valence-electron chi connectivity index (χ2n) is 7.86. The van der Waals surface area contributed by atoms with Crippen LogP contribution in [-0.2, 0) is 0 Å². The Morgan fingerprint density at radius 1 is 0.778 bits per heavy atom. The van der Waals surface area contributed by atoms with Gasteiger partial charge in [-0.25, -0.2) is 0 Å². The van der Waals surface area contributed by atoms with Gasteiger partial charge in [0.25, 0.3) is 0 Å². The molecular formula is C22H23N3S2. The van der Waals surface area contributed by atoms with Crippen LogP contribution >= 0.6 is 24.4 Å². The zero-order valence-corrected chi connectivity index (χ0v) is 16.7. The number of rotatable bonds is 2. The molecule has 2 aromatic carbocycles. The maximum Gasteiger partial charge on any atom is 0.172 e. The average Bonchev–Trinajstić information content (AvgIpc) is 2.97. The quantitative estimate of drug-likeness (QED) is 0.672.